The number of ether oxygens (including phenoxy) is 1. The molecule has 0 aliphatic carbocycles. The van der Waals surface area contributed by atoms with Crippen molar-refractivity contribution >= 4 is 29.0 Å². The number of fused-ring (bicyclic) bond motifs is 1. The van der Waals surface area contributed by atoms with Crippen molar-refractivity contribution in [3.05, 3.63) is 94.6 Å². The number of benzene rings is 1. The van der Waals surface area contributed by atoms with Gasteiger partial charge in [0.15, 0.2) is 0 Å². The van der Waals surface area contributed by atoms with E-state index in [0.717, 1.165) is 22.7 Å². The summed E-state index contributed by atoms with van der Waals surface area (Å²) in [5.74, 6) is 0.742. The lowest BCUT2D eigenvalue weighted by atomic mass is 10.2. The molecule has 0 atom stereocenters. The van der Waals surface area contributed by atoms with Gasteiger partial charge in [-0.15, -0.1) is 11.3 Å². The van der Waals surface area contributed by atoms with Gasteiger partial charge in [0.25, 0.3) is 0 Å². The van der Waals surface area contributed by atoms with E-state index in [1.165, 1.54) is 4.88 Å². The number of pyridine rings is 1. The molecule has 0 radical (unpaired) electrons. The standard InChI is InChI=1S/C23H21N3O2S/c1-25(16-21-5-4-14-29-21)23(27)12-9-18-7-10-20(11-8-18)28-17-19-15-26-13-3-2-6-22(26)24-19/h2-15H,16-17H2,1H3. The van der Waals surface area contributed by atoms with E-state index >= 15 is 0 Å². The van der Waals surface area contributed by atoms with Gasteiger partial charge in [-0.25, -0.2) is 4.98 Å². The molecule has 29 heavy (non-hydrogen) atoms. The number of imidazole rings is 1. The molecule has 1 amide bonds. The van der Waals surface area contributed by atoms with E-state index in [1.807, 2.05) is 89.9 Å². The van der Waals surface area contributed by atoms with Crippen LogP contribution in [0.5, 0.6) is 5.75 Å². The summed E-state index contributed by atoms with van der Waals surface area (Å²) in [6.45, 7) is 1.03. The minimum atomic E-state index is -0.0226. The van der Waals surface area contributed by atoms with Crippen molar-refractivity contribution < 1.29 is 9.53 Å². The molecule has 0 saturated carbocycles. The summed E-state index contributed by atoms with van der Waals surface area (Å²) in [6, 6.07) is 17.6. The molecule has 0 aliphatic rings. The lowest BCUT2D eigenvalue weighted by molar-refractivity contribution is -0.125. The zero-order chi connectivity index (χ0) is 20.1. The van der Waals surface area contributed by atoms with Gasteiger partial charge in [0, 0.05) is 30.4 Å². The number of hydrogen-bond acceptors (Lipinski definition) is 4. The van der Waals surface area contributed by atoms with Crippen molar-refractivity contribution in [1.82, 2.24) is 14.3 Å². The lowest BCUT2D eigenvalue weighted by Gasteiger charge is -2.13. The van der Waals surface area contributed by atoms with Gasteiger partial charge < -0.3 is 14.0 Å². The van der Waals surface area contributed by atoms with Gasteiger partial charge in [-0.05, 0) is 47.4 Å². The maximum Gasteiger partial charge on any atom is 0.246 e. The number of hydrogen-bond donors (Lipinski definition) is 0. The largest absolute Gasteiger partial charge is 0.487 e. The maximum absolute atomic E-state index is 12.3. The van der Waals surface area contributed by atoms with Crippen molar-refractivity contribution in [3.63, 3.8) is 0 Å². The van der Waals surface area contributed by atoms with Crippen LogP contribution in [0.25, 0.3) is 11.7 Å². The van der Waals surface area contributed by atoms with Gasteiger partial charge in [-0.2, -0.15) is 0 Å². The van der Waals surface area contributed by atoms with Crippen molar-refractivity contribution in [2.45, 2.75) is 13.2 Å². The van der Waals surface area contributed by atoms with E-state index in [0.29, 0.717) is 13.2 Å². The van der Waals surface area contributed by atoms with E-state index in [-0.39, 0.29) is 5.91 Å². The third kappa shape index (κ3) is 4.92. The summed E-state index contributed by atoms with van der Waals surface area (Å²) < 4.78 is 7.80. The van der Waals surface area contributed by atoms with E-state index < -0.39 is 0 Å². The average Bonchev–Trinajstić information content (AvgIpc) is 3.40. The highest BCUT2D eigenvalue weighted by Crippen LogP contribution is 2.16. The molecule has 0 spiro atoms. The number of carbonyl (C=O) groups is 1. The smallest absolute Gasteiger partial charge is 0.246 e. The molecular weight excluding hydrogens is 382 g/mol. The first-order chi connectivity index (χ1) is 14.2. The normalized spacial score (nSPS) is 11.2. The van der Waals surface area contributed by atoms with Crippen LogP contribution in [0.3, 0.4) is 0 Å². The van der Waals surface area contributed by atoms with Crippen LogP contribution in [0.1, 0.15) is 16.1 Å². The van der Waals surface area contributed by atoms with Crippen molar-refractivity contribution in [1.29, 1.82) is 0 Å². The fraction of sp³-hybridized carbons (Fsp3) is 0.130. The minimum Gasteiger partial charge on any atom is -0.487 e. The summed E-state index contributed by atoms with van der Waals surface area (Å²) in [7, 11) is 1.81. The molecule has 0 bridgehead atoms. The topological polar surface area (TPSA) is 46.8 Å². The lowest BCUT2D eigenvalue weighted by Crippen LogP contribution is -2.23. The van der Waals surface area contributed by atoms with Crippen LogP contribution in [0, 0.1) is 0 Å². The molecule has 3 heterocycles. The predicted molar refractivity (Wildman–Crippen MR) is 116 cm³/mol. The second-order valence-electron chi connectivity index (χ2n) is 6.66. The Balaban J connectivity index is 1.31. The highest BCUT2D eigenvalue weighted by atomic mass is 32.1. The first-order valence-electron chi connectivity index (χ1n) is 9.28. The molecule has 4 aromatic rings. The van der Waals surface area contributed by atoms with Crippen LogP contribution < -0.4 is 4.74 Å². The summed E-state index contributed by atoms with van der Waals surface area (Å²) in [5, 5.41) is 2.02. The fourth-order valence-electron chi connectivity index (χ4n) is 2.90. The molecule has 146 valence electrons. The third-order valence-electron chi connectivity index (χ3n) is 4.45. The first-order valence-corrected chi connectivity index (χ1v) is 10.2. The van der Waals surface area contributed by atoms with E-state index in [2.05, 4.69) is 4.98 Å². The maximum atomic E-state index is 12.3. The average molecular weight is 404 g/mol. The monoisotopic (exact) mass is 403 g/mol. The Kier molecular flexibility index (Phi) is 5.72. The second-order valence-corrected chi connectivity index (χ2v) is 7.70. The highest BCUT2D eigenvalue weighted by Gasteiger charge is 2.06. The number of thiophene rings is 1. The summed E-state index contributed by atoms with van der Waals surface area (Å²) >= 11 is 1.65. The second kappa shape index (κ2) is 8.75. The highest BCUT2D eigenvalue weighted by molar-refractivity contribution is 7.09. The molecule has 4 rings (SSSR count). The minimum absolute atomic E-state index is 0.0226. The molecule has 6 heteroatoms. The van der Waals surface area contributed by atoms with Crippen LogP contribution >= 0.6 is 11.3 Å². The quantitative estimate of drug-likeness (QED) is 0.422. The molecule has 0 aliphatic heterocycles. The molecule has 0 saturated heterocycles. The number of nitrogens with zero attached hydrogens (tertiary/aromatic N) is 3. The van der Waals surface area contributed by atoms with E-state index in [9.17, 15) is 4.79 Å². The SMILES string of the molecule is CN(Cc1cccs1)C(=O)C=Cc1ccc(OCc2cn3ccccc3n2)cc1. The van der Waals surface area contributed by atoms with Crippen LogP contribution in [0.4, 0.5) is 0 Å². The molecule has 0 N–H and O–H groups in total. The Morgan fingerprint density at radius 2 is 2.03 bits per heavy atom. The fourth-order valence-corrected chi connectivity index (χ4v) is 3.66. The molecule has 0 fully saturated rings. The van der Waals surface area contributed by atoms with Gasteiger partial charge in [0.2, 0.25) is 5.91 Å². The number of aromatic nitrogens is 2. The third-order valence-corrected chi connectivity index (χ3v) is 5.31. The van der Waals surface area contributed by atoms with Gasteiger partial charge in [0.1, 0.15) is 18.0 Å². The molecule has 5 nitrogen and oxygen atoms in total. The summed E-state index contributed by atoms with van der Waals surface area (Å²) in [5.41, 5.74) is 2.72. The first kappa shape index (κ1) is 19.0. The van der Waals surface area contributed by atoms with Gasteiger partial charge in [0.05, 0.1) is 12.2 Å². The van der Waals surface area contributed by atoms with Crippen LogP contribution in [0.15, 0.2) is 78.4 Å². The van der Waals surface area contributed by atoms with Crippen LogP contribution in [-0.2, 0) is 17.9 Å². The van der Waals surface area contributed by atoms with Gasteiger partial charge in [-0.3, -0.25) is 4.79 Å². The Morgan fingerprint density at radius 1 is 1.17 bits per heavy atom. The zero-order valence-electron chi connectivity index (χ0n) is 16.1. The number of amides is 1. The summed E-state index contributed by atoms with van der Waals surface area (Å²) in [6.07, 6.45) is 7.34. The van der Waals surface area contributed by atoms with E-state index in [4.69, 9.17) is 4.74 Å². The number of carbonyl (C=O) groups excluding carboxylic acids is 1. The van der Waals surface area contributed by atoms with Crippen molar-refractivity contribution in [3.8, 4) is 5.75 Å². The Labute approximate surface area is 173 Å². The predicted octanol–water partition coefficient (Wildman–Crippen LogP) is 4.65. The van der Waals surface area contributed by atoms with Gasteiger partial charge in [-0.1, -0.05) is 24.3 Å². The zero-order valence-corrected chi connectivity index (χ0v) is 16.9. The summed E-state index contributed by atoms with van der Waals surface area (Å²) in [4.78, 5) is 19.6. The molecule has 3 aromatic heterocycles. The van der Waals surface area contributed by atoms with Crippen LogP contribution in [-0.4, -0.2) is 27.2 Å². The molecular formula is C23H21N3O2S. The number of rotatable bonds is 7. The van der Waals surface area contributed by atoms with Crippen molar-refractivity contribution in [2.75, 3.05) is 7.05 Å². The van der Waals surface area contributed by atoms with E-state index in [1.54, 1.807) is 22.3 Å². The Bertz CT molecular complexity index is 1080. The Hall–Kier alpha value is -3.38. The van der Waals surface area contributed by atoms with Crippen LogP contribution in [0.2, 0.25) is 0 Å². The number of likely N-dealkylation sites (N-methyl/N-ethyl adjacent to an activating group) is 1. The van der Waals surface area contributed by atoms with Gasteiger partial charge >= 0.3 is 0 Å². The molecule has 0 unspecified atom stereocenters. The van der Waals surface area contributed by atoms with Crippen molar-refractivity contribution in [2.24, 2.45) is 0 Å². The Morgan fingerprint density at radius 3 is 2.79 bits per heavy atom. The molecule has 1 aromatic carbocycles.